The first kappa shape index (κ1) is 14.7. The van der Waals surface area contributed by atoms with Crippen molar-refractivity contribution in [3.63, 3.8) is 0 Å². The quantitative estimate of drug-likeness (QED) is 0.751. The molecule has 1 N–H and O–H groups in total. The van der Waals surface area contributed by atoms with Crippen LogP contribution in [0.2, 0.25) is 0 Å². The second kappa shape index (κ2) is 7.84. The summed E-state index contributed by atoms with van der Waals surface area (Å²) in [5.41, 5.74) is 1.57. The van der Waals surface area contributed by atoms with E-state index in [9.17, 15) is 4.79 Å². The van der Waals surface area contributed by atoms with Gasteiger partial charge in [0.25, 0.3) is 0 Å². The maximum atomic E-state index is 11.6. The van der Waals surface area contributed by atoms with E-state index in [0.717, 1.165) is 18.7 Å². The van der Waals surface area contributed by atoms with E-state index in [0.29, 0.717) is 18.0 Å². The molecule has 0 amide bonds. The zero-order chi connectivity index (χ0) is 13.4. The van der Waals surface area contributed by atoms with Crippen molar-refractivity contribution in [3.05, 3.63) is 35.4 Å². The normalized spacial score (nSPS) is 12.2. The minimum absolute atomic E-state index is 0.294. The van der Waals surface area contributed by atoms with Crippen molar-refractivity contribution < 1.29 is 14.3 Å². The average Bonchev–Trinajstić information content (AvgIpc) is 2.39. The van der Waals surface area contributed by atoms with Gasteiger partial charge in [0, 0.05) is 26.8 Å². The van der Waals surface area contributed by atoms with Crippen LogP contribution in [0.15, 0.2) is 24.3 Å². The third-order valence-electron chi connectivity index (χ3n) is 2.68. The van der Waals surface area contributed by atoms with Gasteiger partial charge in [0.2, 0.25) is 0 Å². The second-order valence-corrected chi connectivity index (χ2v) is 4.34. The SMILES string of the molecule is COCC(C)CNCc1ccccc1C(=O)OC. The van der Waals surface area contributed by atoms with E-state index < -0.39 is 0 Å². The van der Waals surface area contributed by atoms with Gasteiger partial charge < -0.3 is 14.8 Å². The van der Waals surface area contributed by atoms with Crippen molar-refractivity contribution in [1.29, 1.82) is 0 Å². The average molecular weight is 251 g/mol. The van der Waals surface area contributed by atoms with Gasteiger partial charge in [-0.05, 0) is 17.5 Å². The van der Waals surface area contributed by atoms with Crippen molar-refractivity contribution in [3.8, 4) is 0 Å². The Balaban J connectivity index is 2.54. The highest BCUT2D eigenvalue weighted by Gasteiger charge is 2.10. The molecule has 18 heavy (non-hydrogen) atoms. The van der Waals surface area contributed by atoms with Crippen molar-refractivity contribution in [2.45, 2.75) is 13.5 Å². The number of hydrogen-bond acceptors (Lipinski definition) is 4. The number of benzene rings is 1. The molecule has 4 nitrogen and oxygen atoms in total. The number of carbonyl (C=O) groups is 1. The number of hydrogen-bond donors (Lipinski definition) is 1. The van der Waals surface area contributed by atoms with E-state index in [1.165, 1.54) is 7.11 Å². The lowest BCUT2D eigenvalue weighted by Gasteiger charge is -2.13. The summed E-state index contributed by atoms with van der Waals surface area (Å²) in [6, 6.07) is 7.47. The monoisotopic (exact) mass is 251 g/mol. The fraction of sp³-hybridized carbons (Fsp3) is 0.500. The predicted molar refractivity (Wildman–Crippen MR) is 70.5 cm³/mol. The molecule has 0 aromatic heterocycles. The number of rotatable bonds is 7. The van der Waals surface area contributed by atoms with E-state index in [1.807, 2.05) is 18.2 Å². The van der Waals surface area contributed by atoms with Crippen LogP contribution in [0.25, 0.3) is 0 Å². The summed E-state index contributed by atoms with van der Waals surface area (Å²) in [5, 5.41) is 3.32. The van der Waals surface area contributed by atoms with Gasteiger partial charge in [-0.3, -0.25) is 0 Å². The number of esters is 1. The van der Waals surface area contributed by atoms with Crippen molar-refractivity contribution in [1.82, 2.24) is 5.32 Å². The molecule has 0 saturated carbocycles. The molecule has 4 heteroatoms. The number of ether oxygens (including phenoxy) is 2. The highest BCUT2D eigenvalue weighted by atomic mass is 16.5. The van der Waals surface area contributed by atoms with Crippen molar-refractivity contribution in [2.75, 3.05) is 27.4 Å². The summed E-state index contributed by atoms with van der Waals surface area (Å²) in [5.74, 6) is 0.151. The summed E-state index contributed by atoms with van der Waals surface area (Å²) in [6.45, 7) is 4.34. The summed E-state index contributed by atoms with van der Waals surface area (Å²) in [4.78, 5) is 11.6. The Hall–Kier alpha value is -1.39. The summed E-state index contributed by atoms with van der Waals surface area (Å²) in [6.07, 6.45) is 0. The third-order valence-corrected chi connectivity index (χ3v) is 2.68. The maximum absolute atomic E-state index is 11.6. The van der Waals surface area contributed by atoms with E-state index in [2.05, 4.69) is 12.2 Å². The number of methoxy groups -OCH3 is 2. The summed E-state index contributed by atoms with van der Waals surface area (Å²) < 4.78 is 9.83. The highest BCUT2D eigenvalue weighted by molar-refractivity contribution is 5.90. The van der Waals surface area contributed by atoms with Crippen LogP contribution in [-0.2, 0) is 16.0 Å². The molecule has 0 aliphatic carbocycles. The van der Waals surface area contributed by atoms with Gasteiger partial charge in [-0.2, -0.15) is 0 Å². The van der Waals surface area contributed by atoms with Crippen LogP contribution in [0.5, 0.6) is 0 Å². The van der Waals surface area contributed by atoms with E-state index in [-0.39, 0.29) is 5.97 Å². The fourth-order valence-corrected chi connectivity index (χ4v) is 1.78. The van der Waals surface area contributed by atoms with Gasteiger partial charge >= 0.3 is 5.97 Å². The number of carbonyl (C=O) groups excluding carboxylic acids is 1. The molecule has 0 heterocycles. The van der Waals surface area contributed by atoms with Crippen LogP contribution in [0.3, 0.4) is 0 Å². The van der Waals surface area contributed by atoms with Gasteiger partial charge in [-0.25, -0.2) is 4.79 Å². The molecule has 1 aromatic rings. The molecule has 0 radical (unpaired) electrons. The van der Waals surface area contributed by atoms with Crippen LogP contribution >= 0.6 is 0 Å². The van der Waals surface area contributed by atoms with Crippen LogP contribution in [-0.4, -0.2) is 33.3 Å². The largest absolute Gasteiger partial charge is 0.465 e. The molecule has 0 bridgehead atoms. The molecule has 1 atom stereocenters. The van der Waals surface area contributed by atoms with Crippen LogP contribution in [0, 0.1) is 5.92 Å². The lowest BCUT2D eigenvalue weighted by molar-refractivity contribution is 0.0599. The Morgan fingerprint density at radius 1 is 1.33 bits per heavy atom. The Kier molecular flexibility index (Phi) is 6.39. The first-order valence-corrected chi connectivity index (χ1v) is 6.05. The third kappa shape index (κ3) is 4.47. The second-order valence-electron chi connectivity index (χ2n) is 4.34. The standard InChI is InChI=1S/C14H21NO3/c1-11(10-17-2)8-15-9-12-6-4-5-7-13(12)14(16)18-3/h4-7,11,15H,8-10H2,1-3H3. The summed E-state index contributed by atoms with van der Waals surface area (Å²) >= 11 is 0. The Morgan fingerprint density at radius 3 is 2.72 bits per heavy atom. The van der Waals surface area contributed by atoms with Gasteiger partial charge in [-0.1, -0.05) is 25.1 Å². The van der Waals surface area contributed by atoms with Crippen LogP contribution < -0.4 is 5.32 Å². The molecule has 0 aliphatic rings. The topological polar surface area (TPSA) is 47.6 Å². The molecule has 1 unspecified atom stereocenters. The van der Waals surface area contributed by atoms with Gasteiger partial charge in [0.1, 0.15) is 0 Å². The van der Waals surface area contributed by atoms with Gasteiger partial charge in [0.05, 0.1) is 12.7 Å². The summed E-state index contributed by atoms with van der Waals surface area (Å²) in [7, 11) is 3.09. The van der Waals surface area contributed by atoms with Crippen LogP contribution in [0.1, 0.15) is 22.8 Å². The van der Waals surface area contributed by atoms with Crippen LogP contribution in [0.4, 0.5) is 0 Å². The first-order valence-electron chi connectivity index (χ1n) is 6.05. The molecule has 0 spiro atoms. The zero-order valence-corrected chi connectivity index (χ0v) is 11.2. The smallest absolute Gasteiger partial charge is 0.338 e. The molecule has 0 saturated heterocycles. The van der Waals surface area contributed by atoms with Crippen molar-refractivity contribution >= 4 is 5.97 Å². The first-order chi connectivity index (χ1) is 8.69. The molecule has 1 rings (SSSR count). The minimum atomic E-state index is -0.294. The lowest BCUT2D eigenvalue weighted by atomic mass is 10.1. The van der Waals surface area contributed by atoms with E-state index in [1.54, 1.807) is 13.2 Å². The Labute approximate surface area is 108 Å². The minimum Gasteiger partial charge on any atom is -0.465 e. The van der Waals surface area contributed by atoms with E-state index in [4.69, 9.17) is 9.47 Å². The van der Waals surface area contributed by atoms with Gasteiger partial charge in [-0.15, -0.1) is 0 Å². The maximum Gasteiger partial charge on any atom is 0.338 e. The molecular formula is C14H21NO3. The highest BCUT2D eigenvalue weighted by Crippen LogP contribution is 2.10. The Morgan fingerprint density at radius 2 is 2.06 bits per heavy atom. The van der Waals surface area contributed by atoms with Crippen molar-refractivity contribution in [2.24, 2.45) is 5.92 Å². The zero-order valence-electron chi connectivity index (χ0n) is 11.2. The van der Waals surface area contributed by atoms with E-state index >= 15 is 0 Å². The molecule has 0 aliphatic heterocycles. The predicted octanol–water partition coefficient (Wildman–Crippen LogP) is 1.85. The molecule has 100 valence electrons. The van der Waals surface area contributed by atoms with Gasteiger partial charge in [0.15, 0.2) is 0 Å². The molecular weight excluding hydrogens is 230 g/mol. The number of nitrogens with one attached hydrogen (secondary N) is 1. The Bertz CT molecular complexity index is 379. The lowest BCUT2D eigenvalue weighted by Crippen LogP contribution is -2.24. The molecule has 0 fully saturated rings. The molecule has 1 aromatic carbocycles. The fourth-order valence-electron chi connectivity index (χ4n) is 1.78.